The lowest BCUT2D eigenvalue weighted by Crippen LogP contribution is -2.31. The van der Waals surface area contributed by atoms with Gasteiger partial charge in [-0.2, -0.15) is 0 Å². The Kier molecular flexibility index (Phi) is 4.66. The minimum Gasteiger partial charge on any atom is -0.330 e. The van der Waals surface area contributed by atoms with Crippen molar-refractivity contribution in [3.8, 4) is 0 Å². The van der Waals surface area contributed by atoms with Gasteiger partial charge in [0.1, 0.15) is 0 Å². The molecule has 0 spiro atoms. The highest BCUT2D eigenvalue weighted by molar-refractivity contribution is 7.92. The van der Waals surface area contributed by atoms with Crippen LogP contribution in [0.1, 0.15) is 11.5 Å². The fourth-order valence-electron chi connectivity index (χ4n) is 3.46. The van der Waals surface area contributed by atoms with Crippen molar-refractivity contribution < 1.29 is 8.42 Å². The molecule has 0 bridgehead atoms. The molecule has 4 N–H and O–H groups in total. The predicted octanol–water partition coefficient (Wildman–Crippen LogP) is 2.84. The molecule has 1 aliphatic carbocycles. The van der Waals surface area contributed by atoms with Gasteiger partial charge in [0.05, 0.1) is 10.1 Å². The summed E-state index contributed by atoms with van der Waals surface area (Å²) in [5.74, 6) is -0.245. The normalized spacial score (nSPS) is 22.3. The van der Waals surface area contributed by atoms with Crippen LogP contribution in [-0.4, -0.2) is 26.8 Å². The largest absolute Gasteiger partial charge is 0.330 e. The number of benzene rings is 2. The Morgan fingerprint density at radius 1 is 0.875 bits per heavy atom. The van der Waals surface area contributed by atoms with Gasteiger partial charge in [-0.25, -0.2) is 8.42 Å². The Morgan fingerprint density at radius 2 is 1.33 bits per heavy atom. The second-order valence-electron chi connectivity index (χ2n) is 6.09. The third kappa shape index (κ3) is 2.74. The molecule has 2 aromatic carbocycles. The van der Waals surface area contributed by atoms with E-state index in [1.807, 2.05) is 12.1 Å². The highest BCUT2D eigenvalue weighted by atomic mass is 35.5. The van der Waals surface area contributed by atoms with Gasteiger partial charge >= 0.3 is 0 Å². The summed E-state index contributed by atoms with van der Waals surface area (Å²) in [5, 5.41) is 0.438. The highest BCUT2D eigenvalue weighted by Gasteiger charge is 2.69. The molecule has 24 heavy (non-hydrogen) atoms. The Balaban J connectivity index is 2.04. The zero-order valence-corrected chi connectivity index (χ0v) is 15.2. The molecule has 7 heteroatoms. The summed E-state index contributed by atoms with van der Waals surface area (Å²) in [7, 11) is -3.57. The number of hydrogen-bond donors (Lipinski definition) is 2. The molecular formula is C17H18Cl2N2O2S. The molecule has 0 unspecified atom stereocenters. The Bertz CT molecular complexity index is 832. The lowest BCUT2D eigenvalue weighted by molar-refractivity contribution is 0.510. The molecule has 2 aromatic rings. The van der Waals surface area contributed by atoms with E-state index in [1.165, 1.54) is 12.1 Å². The summed E-state index contributed by atoms with van der Waals surface area (Å²) in [6, 6.07) is 13.4. The van der Waals surface area contributed by atoms with Crippen molar-refractivity contribution in [1.82, 2.24) is 0 Å². The van der Waals surface area contributed by atoms with Gasteiger partial charge in [0.2, 0.25) is 0 Å². The van der Waals surface area contributed by atoms with Gasteiger partial charge in [-0.05, 0) is 42.0 Å². The van der Waals surface area contributed by atoms with Crippen molar-refractivity contribution in [1.29, 1.82) is 0 Å². The summed E-state index contributed by atoms with van der Waals surface area (Å²) in [4.78, 5) is 0.236. The van der Waals surface area contributed by atoms with Crippen molar-refractivity contribution in [3.63, 3.8) is 0 Å². The predicted molar refractivity (Wildman–Crippen MR) is 97.2 cm³/mol. The number of nitrogens with two attached hydrogens (primary N) is 2. The van der Waals surface area contributed by atoms with Gasteiger partial charge in [0, 0.05) is 34.5 Å². The molecule has 2 atom stereocenters. The molecule has 0 amide bonds. The van der Waals surface area contributed by atoms with Crippen LogP contribution in [0.4, 0.5) is 0 Å². The van der Waals surface area contributed by atoms with Crippen LogP contribution in [0.25, 0.3) is 0 Å². The topological polar surface area (TPSA) is 86.2 Å². The number of halogens is 2. The highest BCUT2D eigenvalue weighted by Crippen LogP contribution is 2.63. The first-order valence-electron chi connectivity index (χ1n) is 7.52. The Morgan fingerprint density at radius 3 is 1.79 bits per heavy atom. The second-order valence-corrected chi connectivity index (χ2v) is 9.03. The maximum Gasteiger partial charge on any atom is 0.182 e. The number of sulfone groups is 1. The third-order valence-corrected chi connectivity index (χ3v) is 7.69. The van der Waals surface area contributed by atoms with Crippen LogP contribution in [0.3, 0.4) is 0 Å². The fourth-order valence-corrected chi connectivity index (χ4v) is 6.18. The van der Waals surface area contributed by atoms with Crippen molar-refractivity contribution in [2.75, 3.05) is 13.1 Å². The molecule has 3 rings (SSSR count). The maximum absolute atomic E-state index is 13.1. The quantitative estimate of drug-likeness (QED) is 0.829. The summed E-state index contributed by atoms with van der Waals surface area (Å²) in [5.41, 5.74) is 12.1. The molecule has 1 fully saturated rings. The van der Waals surface area contributed by atoms with Gasteiger partial charge in [-0.1, -0.05) is 35.3 Å². The van der Waals surface area contributed by atoms with Crippen LogP contribution < -0.4 is 11.5 Å². The molecule has 1 saturated carbocycles. The van der Waals surface area contributed by atoms with E-state index < -0.39 is 20.5 Å². The lowest BCUT2D eigenvalue weighted by atomic mass is 9.99. The monoisotopic (exact) mass is 384 g/mol. The van der Waals surface area contributed by atoms with E-state index in [0.717, 1.165) is 5.56 Å². The zero-order valence-electron chi connectivity index (χ0n) is 12.8. The van der Waals surface area contributed by atoms with Gasteiger partial charge < -0.3 is 11.5 Å². The first-order valence-corrected chi connectivity index (χ1v) is 9.82. The molecule has 0 radical (unpaired) electrons. The van der Waals surface area contributed by atoms with Gasteiger partial charge in [0.25, 0.3) is 0 Å². The van der Waals surface area contributed by atoms with Gasteiger partial charge in [0.15, 0.2) is 9.84 Å². The van der Waals surface area contributed by atoms with E-state index in [4.69, 9.17) is 34.7 Å². The number of rotatable bonds is 5. The van der Waals surface area contributed by atoms with Crippen molar-refractivity contribution in [2.24, 2.45) is 16.9 Å². The molecule has 0 heterocycles. The summed E-state index contributed by atoms with van der Waals surface area (Å²) < 4.78 is 26.2. The number of hydrogen-bond acceptors (Lipinski definition) is 4. The van der Waals surface area contributed by atoms with E-state index in [0.29, 0.717) is 10.0 Å². The van der Waals surface area contributed by atoms with E-state index in [2.05, 4.69) is 0 Å². The fraction of sp³-hybridized carbons (Fsp3) is 0.294. The molecular weight excluding hydrogens is 367 g/mol. The first kappa shape index (κ1) is 17.7. The molecule has 128 valence electrons. The molecule has 0 aliphatic heterocycles. The van der Waals surface area contributed by atoms with Crippen LogP contribution in [0.2, 0.25) is 10.0 Å². The summed E-state index contributed by atoms with van der Waals surface area (Å²) >= 11 is 11.8. The van der Waals surface area contributed by atoms with E-state index in [1.54, 1.807) is 24.3 Å². The van der Waals surface area contributed by atoms with Crippen LogP contribution in [-0.2, 0) is 9.84 Å². The van der Waals surface area contributed by atoms with Crippen molar-refractivity contribution in [2.45, 2.75) is 16.1 Å². The van der Waals surface area contributed by atoms with Crippen molar-refractivity contribution >= 4 is 33.0 Å². The lowest BCUT2D eigenvalue weighted by Gasteiger charge is -2.13. The van der Waals surface area contributed by atoms with Crippen molar-refractivity contribution in [3.05, 3.63) is 64.1 Å². The van der Waals surface area contributed by atoms with Gasteiger partial charge in [-0.15, -0.1) is 0 Å². The van der Waals surface area contributed by atoms with E-state index in [-0.39, 0.29) is 23.9 Å². The smallest absolute Gasteiger partial charge is 0.182 e. The van der Waals surface area contributed by atoms with Crippen LogP contribution in [0.15, 0.2) is 53.4 Å². The van der Waals surface area contributed by atoms with E-state index >= 15 is 0 Å². The first-order chi connectivity index (χ1) is 11.4. The van der Waals surface area contributed by atoms with Gasteiger partial charge in [-0.3, -0.25) is 0 Å². The maximum atomic E-state index is 13.1. The zero-order chi connectivity index (χ0) is 17.5. The average Bonchev–Trinajstić information content (AvgIpc) is 3.26. The third-order valence-electron chi connectivity index (χ3n) is 4.85. The minimum absolute atomic E-state index is 0.203. The SMILES string of the molecule is NCC1(CN)[C@H](c2ccc(Cl)cc2)[C@H]1S(=O)(=O)c1ccc(Cl)cc1. The van der Waals surface area contributed by atoms with E-state index in [9.17, 15) is 8.42 Å². The Hall–Kier alpha value is -1.11. The molecule has 4 nitrogen and oxygen atoms in total. The molecule has 0 saturated heterocycles. The van der Waals surface area contributed by atoms with Crippen LogP contribution in [0.5, 0.6) is 0 Å². The Labute approximate surface area is 151 Å². The van der Waals surface area contributed by atoms with Crippen LogP contribution >= 0.6 is 23.2 Å². The molecule has 1 aliphatic rings. The summed E-state index contributed by atoms with van der Waals surface area (Å²) in [6.45, 7) is 0.405. The standard InChI is InChI=1S/C17H18Cl2N2O2S/c18-12-3-1-11(2-4-12)15-16(17(15,9-20)10-21)24(22,23)14-7-5-13(19)6-8-14/h1-8,15-16H,9-10,20-21H2/t15-,16-/m1/s1. The second kappa shape index (κ2) is 6.32. The average molecular weight is 385 g/mol. The summed E-state index contributed by atoms with van der Waals surface area (Å²) in [6.07, 6.45) is 0. The molecule has 0 aromatic heterocycles. The minimum atomic E-state index is -3.57. The van der Waals surface area contributed by atoms with Crippen LogP contribution in [0, 0.1) is 5.41 Å².